The third kappa shape index (κ3) is 4.02. The Morgan fingerprint density at radius 1 is 0.933 bits per heavy atom. The number of piperidine rings is 1. The van der Waals surface area contributed by atoms with Gasteiger partial charge in [0.25, 0.3) is 0 Å². The summed E-state index contributed by atoms with van der Waals surface area (Å²) in [7, 11) is 0. The minimum Gasteiger partial charge on any atom is -0.369 e. The number of piperazine rings is 1. The molecule has 2 fully saturated rings. The van der Waals surface area contributed by atoms with E-state index >= 15 is 0 Å². The van der Waals surface area contributed by atoms with Gasteiger partial charge in [0.1, 0.15) is 5.60 Å². The summed E-state index contributed by atoms with van der Waals surface area (Å²) >= 11 is 0. The fraction of sp³-hybridized carbons (Fsp3) is 0.565. The first kappa shape index (κ1) is 19.7. The summed E-state index contributed by atoms with van der Waals surface area (Å²) in [6.07, 6.45) is 4.75. The molecule has 1 spiro atoms. The zero-order chi connectivity index (χ0) is 20.4. The van der Waals surface area contributed by atoms with Crippen LogP contribution in [0.1, 0.15) is 24.1 Å². The highest BCUT2D eigenvalue weighted by Crippen LogP contribution is 2.40. The molecule has 30 heavy (non-hydrogen) atoms. The zero-order valence-corrected chi connectivity index (χ0v) is 17.7. The summed E-state index contributed by atoms with van der Waals surface area (Å²) < 4.78 is 6.30. The van der Waals surface area contributed by atoms with E-state index in [9.17, 15) is 0 Å². The van der Waals surface area contributed by atoms with Crippen LogP contribution in [0, 0.1) is 0 Å². The van der Waals surface area contributed by atoms with Gasteiger partial charge in [-0.05, 0) is 37.0 Å². The normalized spacial score (nSPS) is 22.2. The molecule has 0 saturated carbocycles. The van der Waals surface area contributed by atoms with Crippen molar-refractivity contribution in [2.24, 2.45) is 0 Å². The van der Waals surface area contributed by atoms with Gasteiger partial charge in [-0.25, -0.2) is 9.97 Å². The number of nitrogen functional groups attached to an aromatic ring is 1. The maximum absolute atomic E-state index is 6.30. The second kappa shape index (κ2) is 8.49. The predicted octanol–water partition coefficient (Wildman–Crippen LogP) is 1.74. The Labute approximate surface area is 178 Å². The average molecular weight is 409 g/mol. The molecule has 0 atom stereocenters. The molecule has 1 aromatic heterocycles. The van der Waals surface area contributed by atoms with Crippen LogP contribution in [0.4, 0.5) is 11.6 Å². The van der Waals surface area contributed by atoms with Crippen LogP contribution >= 0.6 is 0 Å². The molecular formula is C23H32N6O. The van der Waals surface area contributed by atoms with E-state index in [1.165, 1.54) is 11.3 Å². The van der Waals surface area contributed by atoms with Gasteiger partial charge in [0.15, 0.2) is 0 Å². The van der Waals surface area contributed by atoms with Crippen LogP contribution in [0.25, 0.3) is 0 Å². The lowest BCUT2D eigenvalue weighted by Gasteiger charge is -2.44. The number of hydrogen-bond donors (Lipinski definition) is 1. The summed E-state index contributed by atoms with van der Waals surface area (Å²) in [5.41, 5.74) is 9.21. The molecule has 7 heteroatoms. The van der Waals surface area contributed by atoms with Crippen molar-refractivity contribution in [3.63, 3.8) is 0 Å². The average Bonchev–Trinajstić information content (AvgIpc) is 2.80. The van der Waals surface area contributed by atoms with Crippen molar-refractivity contribution in [3.8, 4) is 0 Å². The van der Waals surface area contributed by atoms with Crippen molar-refractivity contribution in [1.82, 2.24) is 19.8 Å². The van der Waals surface area contributed by atoms with Crippen LogP contribution < -0.4 is 10.6 Å². The van der Waals surface area contributed by atoms with Gasteiger partial charge in [-0.3, -0.25) is 4.90 Å². The predicted molar refractivity (Wildman–Crippen MR) is 119 cm³/mol. The first-order chi connectivity index (χ1) is 14.7. The van der Waals surface area contributed by atoms with E-state index in [4.69, 9.17) is 10.5 Å². The molecule has 0 radical (unpaired) electrons. The maximum Gasteiger partial charge on any atom is 0.220 e. The summed E-state index contributed by atoms with van der Waals surface area (Å²) in [6.45, 7) is 9.62. The monoisotopic (exact) mass is 408 g/mol. The summed E-state index contributed by atoms with van der Waals surface area (Å²) in [5, 5.41) is 0. The highest BCUT2D eigenvalue weighted by Gasteiger charge is 2.42. The smallest absolute Gasteiger partial charge is 0.220 e. The van der Waals surface area contributed by atoms with E-state index in [0.717, 1.165) is 83.9 Å². The lowest BCUT2D eigenvalue weighted by molar-refractivity contribution is -0.101. The summed E-state index contributed by atoms with van der Waals surface area (Å²) in [4.78, 5) is 16.4. The molecule has 0 bridgehead atoms. The molecule has 1 aromatic carbocycles. The minimum absolute atomic E-state index is 0.261. The number of nitrogens with two attached hydrogens (primary N) is 1. The molecule has 2 saturated heterocycles. The van der Waals surface area contributed by atoms with Crippen molar-refractivity contribution >= 4 is 11.6 Å². The van der Waals surface area contributed by atoms with Gasteiger partial charge in [0, 0.05) is 64.2 Å². The number of fused-ring (bicyclic) bond motifs is 2. The summed E-state index contributed by atoms with van der Waals surface area (Å²) in [6, 6.07) is 10.8. The Morgan fingerprint density at radius 2 is 1.63 bits per heavy atom. The topological polar surface area (TPSA) is 70.8 Å². The SMILES string of the molecule is Nc1ncc2c(n1)C1(CCN(CCN3CCN(c4ccccc4)CC3)CC1)OCC2. The molecule has 160 valence electrons. The number of ether oxygens (including phenoxy) is 1. The number of rotatable bonds is 4. The van der Waals surface area contributed by atoms with E-state index in [-0.39, 0.29) is 5.60 Å². The van der Waals surface area contributed by atoms with Gasteiger partial charge < -0.3 is 20.3 Å². The van der Waals surface area contributed by atoms with Gasteiger partial charge in [-0.1, -0.05) is 18.2 Å². The van der Waals surface area contributed by atoms with Gasteiger partial charge in [0.05, 0.1) is 12.3 Å². The minimum atomic E-state index is -0.261. The number of aromatic nitrogens is 2. The van der Waals surface area contributed by atoms with Crippen LogP contribution in [0.2, 0.25) is 0 Å². The van der Waals surface area contributed by atoms with Crippen LogP contribution in [-0.2, 0) is 16.8 Å². The highest BCUT2D eigenvalue weighted by atomic mass is 16.5. The first-order valence-corrected chi connectivity index (χ1v) is 11.2. The van der Waals surface area contributed by atoms with E-state index < -0.39 is 0 Å². The van der Waals surface area contributed by atoms with E-state index in [1.54, 1.807) is 0 Å². The van der Waals surface area contributed by atoms with Crippen LogP contribution in [0.15, 0.2) is 36.5 Å². The molecule has 7 nitrogen and oxygen atoms in total. The number of benzene rings is 1. The molecule has 0 unspecified atom stereocenters. The number of likely N-dealkylation sites (tertiary alicyclic amines) is 1. The third-order valence-corrected chi connectivity index (χ3v) is 6.95. The Hall–Kier alpha value is -2.22. The Balaban J connectivity index is 1.11. The van der Waals surface area contributed by atoms with E-state index in [2.05, 4.69) is 55.0 Å². The van der Waals surface area contributed by atoms with E-state index in [0.29, 0.717) is 5.95 Å². The quantitative estimate of drug-likeness (QED) is 0.826. The van der Waals surface area contributed by atoms with Crippen LogP contribution in [0.3, 0.4) is 0 Å². The van der Waals surface area contributed by atoms with Gasteiger partial charge >= 0.3 is 0 Å². The van der Waals surface area contributed by atoms with Crippen molar-refractivity contribution in [2.75, 3.05) is 69.6 Å². The number of nitrogens with zero attached hydrogens (tertiary/aromatic N) is 5. The highest BCUT2D eigenvalue weighted by molar-refractivity contribution is 5.46. The van der Waals surface area contributed by atoms with Crippen molar-refractivity contribution < 1.29 is 4.74 Å². The Bertz CT molecular complexity index is 844. The molecule has 0 amide bonds. The fourth-order valence-corrected chi connectivity index (χ4v) is 5.09. The Morgan fingerprint density at radius 3 is 2.37 bits per heavy atom. The third-order valence-electron chi connectivity index (χ3n) is 6.95. The van der Waals surface area contributed by atoms with Gasteiger partial charge in [0.2, 0.25) is 5.95 Å². The molecule has 3 aliphatic rings. The van der Waals surface area contributed by atoms with Crippen LogP contribution in [-0.4, -0.2) is 78.7 Å². The zero-order valence-electron chi connectivity index (χ0n) is 17.7. The fourth-order valence-electron chi connectivity index (χ4n) is 5.09. The molecule has 2 N–H and O–H groups in total. The standard InChI is InChI=1S/C23H32N6O/c24-22-25-18-19-6-17-30-23(21(19)26-22)7-9-27(10-8-23)11-12-28-13-15-29(16-14-28)20-4-2-1-3-5-20/h1-5,18H,6-17H2,(H2,24,25,26). The molecular weight excluding hydrogens is 376 g/mol. The largest absolute Gasteiger partial charge is 0.369 e. The van der Waals surface area contributed by atoms with Crippen molar-refractivity contribution in [1.29, 1.82) is 0 Å². The van der Waals surface area contributed by atoms with Gasteiger partial charge in [-0.15, -0.1) is 0 Å². The molecule has 0 aliphatic carbocycles. The second-order valence-electron chi connectivity index (χ2n) is 8.70. The molecule has 4 heterocycles. The van der Waals surface area contributed by atoms with Crippen molar-refractivity contribution in [3.05, 3.63) is 47.8 Å². The lowest BCUT2D eigenvalue weighted by atomic mass is 9.83. The molecule has 3 aliphatic heterocycles. The molecule has 2 aromatic rings. The van der Waals surface area contributed by atoms with Crippen molar-refractivity contribution in [2.45, 2.75) is 24.9 Å². The van der Waals surface area contributed by atoms with Crippen LogP contribution in [0.5, 0.6) is 0 Å². The lowest BCUT2D eigenvalue weighted by Crippen LogP contribution is -2.51. The second-order valence-corrected chi connectivity index (χ2v) is 8.70. The summed E-state index contributed by atoms with van der Waals surface area (Å²) in [5.74, 6) is 0.357. The molecule has 5 rings (SSSR count). The number of hydrogen-bond acceptors (Lipinski definition) is 7. The van der Waals surface area contributed by atoms with E-state index in [1.807, 2.05) is 6.20 Å². The number of para-hydroxylation sites is 1. The number of anilines is 2. The Kier molecular flexibility index (Phi) is 5.58. The maximum atomic E-state index is 6.30. The van der Waals surface area contributed by atoms with Gasteiger partial charge in [-0.2, -0.15) is 0 Å². The first-order valence-electron chi connectivity index (χ1n) is 11.2.